The molecule has 0 heterocycles. The molecule has 1 aromatic carbocycles. The van der Waals surface area contributed by atoms with Crippen molar-refractivity contribution in [2.45, 2.75) is 26.7 Å². The zero-order valence-electron chi connectivity index (χ0n) is 15.7. The SMILES string of the molecule is CCNC(=NCCCN(CC)S(C)(=O)=O)NCCc1cccc(F)c1.I. The molecule has 150 valence electrons. The molecular weight excluding hydrogens is 470 g/mol. The lowest BCUT2D eigenvalue weighted by molar-refractivity contribution is 0.427. The number of rotatable bonds is 10. The molecule has 0 radical (unpaired) electrons. The second kappa shape index (κ2) is 13.3. The summed E-state index contributed by atoms with van der Waals surface area (Å²) >= 11 is 0. The number of nitrogens with zero attached hydrogens (tertiary/aromatic N) is 2. The topological polar surface area (TPSA) is 73.8 Å². The molecule has 0 aromatic heterocycles. The van der Waals surface area contributed by atoms with E-state index in [1.807, 2.05) is 19.9 Å². The molecule has 0 saturated carbocycles. The summed E-state index contributed by atoms with van der Waals surface area (Å²) in [5, 5.41) is 6.35. The van der Waals surface area contributed by atoms with E-state index in [0.717, 1.165) is 12.1 Å². The summed E-state index contributed by atoms with van der Waals surface area (Å²) in [7, 11) is -3.15. The molecular formula is C17H30FIN4O2S. The summed E-state index contributed by atoms with van der Waals surface area (Å²) in [6, 6.07) is 6.54. The summed E-state index contributed by atoms with van der Waals surface area (Å²) in [4.78, 5) is 4.45. The molecule has 0 spiro atoms. The monoisotopic (exact) mass is 500 g/mol. The van der Waals surface area contributed by atoms with Crippen LogP contribution in [0.1, 0.15) is 25.8 Å². The van der Waals surface area contributed by atoms with Gasteiger partial charge in [-0.2, -0.15) is 0 Å². The normalized spacial score (nSPS) is 12.0. The second-order valence-electron chi connectivity index (χ2n) is 5.68. The van der Waals surface area contributed by atoms with Gasteiger partial charge in [-0.3, -0.25) is 4.99 Å². The molecule has 0 unspecified atom stereocenters. The van der Waals surface area contributed by atoms with Gasteiger partial charge in [-0.05, 0) is 37.5 Å². The van der Waals surface area contributed by atoms with Crippen LogP contribution in [0.5, 0.6) is 0 Å². The maximum Gasteiger partial charge on any atom is 0.211 e. The first kappa shape index (κ1) is 25.1. The molecule has 6 nitrogen and oxygen atoms in total. The number of hydrogen-bond donors (Lipinski definition) is 2. The maximum absolute atomic E-state index is 13.2. The number of aliphatic imine (C=N–C) groups is 1. The first-order valence-corrected chi connectivity index (χ1v) is 10.4. The van der Waals surface area contributed by atoms with Crippen LogP contribution in [0.4, 0.5) is 4.39 Å². The number of hydrogen-bond acceptors (Lipinski definition) is 3. The smallest absolute Gasteiger partial charge is 0.211 e. The van der Waals surface area contributed by atoms with E-state index in [9.17, 15) is 12.8 Å². The fourth-order valence-corrected chi connectivity index (χ4v) is 3.29. The standard InChI is InChI=1S/C17H29FN4O2S.HI/c1-4-19-17(20-11-7-13-22(5-2)25(3,23)24)21-12-10-15-8-6-9-16(18)14-15;/h6,8-9,14H,4-5,7,10-13H2,1-3H3,(H2,19,20,21);1H. The number of halogens is 2. The molecule has 0 atom stereocenters. The highest BCUT2D eigenvalue weighted by atomic mass is 127. The van der Waals surface area contributed by atoms with Gasteiger partial charge in [-0.1, -0.05) is 19.1 Å². The van der Waals surface area contributed by atoms with Crippen molar-refractivity contribution < 1.29 is 12.8 Å². The Bertz CT molecular complexity index is 656. The lowest BCUT2D eigenvalue weighted by atomic mass is 10.1. The number of benzene rings is 1. The second-order valence-corrected chi connectivity index (χ2v) is 7.66. The molecule has 0 amide bonds. The molecule has 0 aliphatic rings. The van der Waals surface area contributed by atoms with Crippen LogP contribution in [0.3, 0.4) is 0 Å². The quantitative estimate of drug-likeness (QED) is 0.224. The van der Waals surface area contributed by atoms with Crippen LogP contribution in [0.2, 0.25) is 0 Å². The Balaban J connectivity index is 0.00000625. The molecule has 2 N–H and O–H groups in total. The van der Waals surface area contributed by atoms with Crippen molar-refractivity contribution in [1.29, 1.82) is 0 Å². The van der Waals surface area contributed by atoms with Crippen LogP contribution in [0.25, 0.3) is 0 Å². The van der Waals surface area contributed by atoms with Crippen LogP contribution < -0.4 is 10.6 Å². The van der Waals surface area contributed by atoms with E-state index in [1.54, 1.807) is 6.07 Å². The molecule has 26 heavy (non-hydrogen) atoms. The van der Waals surface area contributed by atoms with E-state index >= 15 is 0 Å². The summed E-state index contributed by atoms with van der Waals surface area (Å²) in [6.07, 6.45) is 2.57. The summed E-state index contributed by atoms with van der Waals surface area (Å²) in [5.41, 5.74) is 0.926. The molecule has 0 fully saturated rings. The van der Waals surface area contributed by atoms with Gasteiger partial charge in [0.1, 0.15) is 5.82 Å². The van der Waals surface area contributed by atoms with Gasteiger partial charge in [0.05, 0.1) is 6.26 Å². The average molecular weight is 500 g/mol. The Morgan fingerprint density at radius 1 is 1.27 bits per heavy atom. The van der Waals surface area contributed by atoms with Crippen LogP contribution in [-0.4, -0.2) is 57.7 Å². The Morgan fingerprint density at radius 3 is 2.58 bits per heavy atom. The largest absolute Gasteiger partial charge is 0.357 e. The molecule has 1 aromatic rings. The lowest BCUT2D eigenvalue weighted by Crippen LogP contribution is -2.38. The maximum atomic E-state index is 13.2. The van der Waals surface area contributed by atoms with Crippen LogP contribution >= 0.6 is 24.0 Å². The highest BCUT2D eigenvalue weighted by molar-refractivity contribution is 14.0. The zero-order valence-corrected chi connectivity index (χ0v) is 18.8. The minimum absolute atomic E-state index is 0. The van der Waals surface area contributed by atoms with Crippen molar-refractivity contribution >= 4 is 40.0 Å². The van der Waals surface area contributed by atoms with Crippen molar-refractivity contribution in [1.82, 2.24) is 14.9 Å². The zero-order chi connectivity index (χ0) is 18.7. The number of sulfonamides is 1. The van der Waals surface area contributed by atoms with Gasteiger partial charge in [0, 0.05) is 32.7 Å². The lowest BCUT2D eigenvalue weighted by Gasteiger charge is -2.17. The van der Waals surface area contributed by atoms with Crippen LogP contribution in [-0.2, 0) is 16.4 Å². The fraction of sp³-hybridized carbons (Fsp3) is 0.588. The van der Waals surface area contributed by atoms with Gasteiger partial charge in [0.15, 0.2) is 5.96 Å². The third-order valence-electron chi connectivity index (χ3n) is 3.60. The van der Waals surface area contributed by atoms with Crippen LogP contribution in [0, 0.1) is 5.82 Å². The highest BCUT2D eigenvalue weighted by Gasteiger charge is 2.12. The predicted octanol–water partition coefficient (Wildman–Crippen LogP) is 2.21. The van der Waals surface area contributed by atoms with E-state index in [4.69, 9.17) is 0 Å². The number of guanidine groups is 1. The fourth-order valence-electron chi connectivity index (χ4n) is 2.36. The van der Waals surface area contributed by atoms with Crippen molar-refractivity contribution in [3.8, 4) is 0 Å². The average Bonchev–Trinajstić information content (AvgIpc) is 2.53. The Hall–Kier alpha value is -0.940. The van der Waals surface area contributed by atoms with Gasteiger partial charge in [0.2, 0.25) is 10.0 Å². The van der Waals surface area contributed by atoms with Crippen LogP contribution in [0.15, 0.2) is 29.3 Å². The summed E-state index contributed by atoms with van der Waals surface area (Å²) < 4.78 is 37.7. The minimum atomic E-state index is -3.15. The van der Waals surface area contributed by atoms with Gasteiger partial charge in [0.25, 0.3) is 0 Å². The number of nitrogens with one attached hydrogen (secondary N) is 2. The van der Waals surface area contributed by atoms with Gasteiger partial charge in [-0.15, -0.1) is 24.0 Å². The minimum Gasteiger partial charge on any atom is -0.357 e. The van der Waals surface area contributed by atoms with Crippen molar-refractivity contribution in [2.24, 2.45) is 4.99 Å². The molecule has 0 aliphatic heterocycles. The molecule has 0 aliphatic carbocycles. The van der Waals surface area contributed by atoms with Crippen molar-refractivity contribution in [2.75, 3.05) is 39.0 Å². The van der Waals surface area contributed by atoms with Crippen molar-refractivity contribution in [3.63, 3.8) is 0 Å². The summed E-state index contributed by atoms with van der Waals surface area (Å²) in [6.45, 7) is 6.63. The third kappa shape index (κ3) is 10.3. The molecule has 0 bridgehead atoms. The van der Waals surface area contributed by atoms with E-state index in [2.05, 4.69) is 15.6 Å². The van der Waals surface area contributed by atoms with Gasteiger partial charge < -0.3 is 10.6 Å². The first-order chi connectivity index (χ1) is 11.9. The Labute approximate surface area is 173 Å². The molecule has 9 heteroatoms. The first-order valence-electron chi connectivity index (χ1n) is 8.58. The third-order valence-corrected chi connectivity index (χ3v) is 4.98. The molecule has 1 rings (SSSR count). The van der Waals surface area contributed by atoms with E-state index < -0.39 is 10.0 Å². The highest BCUT2D eigenvalue weighted by Crippen LogP contribution is 2.03. The predicted molar refractivity (Wildman–Crippen MR) is 116 cm³/mol. The van der Waals surface area contributed by atoms with Crippen molar-refractivity contribution in [3.05, 3.63) is 35.6 Å². The Kier molecular flexibility index (Phi) is 12.8. The van der Waals surface area contributed by atoms with Gasteiger partial charge >= 0.3 is 0 Å². The van der Waals surface area contributed by atoms with E-state index in [-0.39, 0.29) is 29.8 Å². The van der Waals surface area contributed by atoms with E-state index in [0.29, 0.717) is 45.0 Å². The Morgan fingerprint density at radius 2 is 2.00 bits per heavy atom. The van der Waals surface area contributed by atoms with Gasteiger partial charge in [-0.25, -0.2) is 17.1 Å². The van der Waals surface area contributed by atoms with E-state index in [1.165, 1.54) is 22.7 Å². The molecule has 0 saturated heterocycles. The summed E-state index contributed by atoms with van der Waals surface area (Å²) in [5.74, 6) is 0.450.